The van der Waals surface area contributed by atoms with Gasteiger partial charge in [-0.2, -0.15) is 0 Å². The number of aromatic nitrogens is 1. The Labute approximate surface area is 193 Å². The first-order valence-corrected chi connectivity index (χ1v) is 10.7. The minimum Gasteiger partial charge on any atom is -0.507 e. The second-order valence-corrected chi connectivity index (χ2v) is 8.13. The molecular weight excluding hydrogens is 451 g/mol. The number of phenolic OH excluding ortho intramolecular Hbond substituents is 1. The molecule has 5 rings (SSSR count). The monoisotopic (exact) mass is 470 g/mol. The third-order valence-electron chi connectivity index (χ3n) is 6.00. The first-order chi connectivity index (χ1) is 16.0. The topological polar surface area (TPSA) is 85.0 Å². The molecule has 4 aromatic rings. The average Bonchev–Trinajstić information content (AvgIpc) is 3.29. The van der Waals surface area contributed by atoms with Crippen molar-refractivity contribution in [2.45, 2.75) is 6.04 Å². The number of methoxy groups -OCH3 is 1. The van der Waals surface area contributed by atoms with E-state index in [9.17, 15) is 9.90 Å². The third-order valence-corrected chi connectivity index (χ3v) is 6.30. The molecule has 1 atom stereocenters. The van der Waals surface area contributed by atoms with Crippen molar-refractivity contribution in [3.63, 3.8) is 0 Å². The molecule has 0 spiro atoms. The molecule has 1 unspecified atom stereocenters. The highest BCUT2D eigenvalue weighted by Gasteiger charge is 2.34. The summed E-state index contributed by atoms with van der Waals surface area (Å²) in [6.45, 7) is 2.12. The zero-order valence-corrected chi connectivity index (χ0v) is 18.4. The maximum absolute atomic E-state index is 15.2. The van der Waals surface area contributed by atoms with Crippen LogP contribution in [0, 0.1) is 5.82 Å². The van der Waals surface area contributed by atoms with Crippen molar-refractivity contribution in [3.8, 4) is 5.75 Å². The molecule has 170 valence electrons. The molecule has 0 bridgehead atoms. The van der Waals surface area contributed by atoms with E-state index in [4.69, 9.17) is 25.5 Å². The van der Waals surface area contributed by atoms with Gasteiger partial charge in [0.25, 0.3) is 0 Å². The van der Waals surface area contributed by atoms with E-state index in [1.807, 2.05) is 12.1 Å². The molecule has 1 fully saturated rings. The van der Waals surface area contributed by atoms with Gasteiger partial charge in [-0.3, -0.25) is 9.88 Å². The van der Waals surface area contributed by atoms with Gasteiger partial charge in [-0.15, -0.1) is 0 Å². The van der Waals surface area contributed by atoms with Crippen molar-refractivity contribution >= 4 is 39.3 Å². The fourth-order valence-electron chi connectivity index (χ4n) is 4.52. The minimum absolute atomic E-state index is 0.0666. The van der Waals surface area contributed by atoms with Crippen molar-refractivity contribution in [1.29, 1.82) is 0 Å². The summed E-state index contributed by atoms with van der Waals surface area (Å²) < 4.78 is 31.5. The summed E-state index contributed by atoms with van der Waals surface area (Å²) in [5.41, 5.74) is 1.55. The highest BCUT2D eigenvalue weighted by Crippen LogP contribution is 2.48. The van der Waals surface area contributed by atoms with Gasteiger partial charge in [0.15, 0.2) is 5.82 Å². The number of hydrogen-bond donors (Lipinski definition) is 1. The minimum atomic E-state index is -0.763. The number of rotatable bonds is 4. The van der Waals surface area contributed by atoms with Crippen LogP contribution in [0.2, 0.25) is 5.02 Å². The number of carbonyl (C=O) groups excluding carboxylic acids is 1. The molecule has 1 aliphatic rings. The van der Waals surface area contributed by atoms with Gasteiger partial charge in [-0.05, 0) is 29.8 Å². The van der Waals surface area contributed by atoms with Crippen LogP contribution in [0.15, 0.2) is 47.3 Å². The van der Waals surface area contributed by atoms with E-state index in [0.717, 1.165) is 5.56 Å². The van der Waals surface area contributed by atoms with Crippen LogP contribution < -0.4 is 0 Å². The van der Waals surface area contributed by atoms with E-state index in [0.29, 0.717) is 42.6 Å². The molecule has 0 radical (unpaired) electrons. The maximum Gasteiger partial charge on any atom is 0.341 e. The Kier molecular flexibility index (Phi) is 5.65. The number of ether oxygens (including phenoxy) is 2. The van der Waals surface area contributed by atoms with Crippen LogP contribution >= 0.6 is 11.6 Å². The molecular formula is C24H20ClFN2O5. The van der Waals surface area contributed by atoms with Crippen molar-refractivity contribution in [1.82, 2.24) is 9.88 Å². The van der Waals surface area contributed by atoms with Crippen LogP contribution in [0.3, 0.4) is 0 Å². The molecule has 0 amide bonds. The number of benzene rings is 2. The Morgan fingerprint density at radius 2 is 1.94 bits per heavy atom. The standard InChI is InChI=1S/C24H20ClFN2O5/c1-31-24(30)15-12-33-23-14-2-3-16(25)20(26)18(14)22(29)19(17(15)23)21(13-4-6-27-7-5-13)28-8-10-32-11-9-28/h2-7,12,21,29H,8-11H2,1H3. The van der Waals surface area contributed by atoms with Gasteiger partial charge in [-0.1, -0.05) is 11.6 Å². The first-order valence-electron chi connectivity index (χ1n) is 10.4. The van der Waals surface area contributed by atoms with Crippen LogP contribution in [0.1, 0.15) is 27.5 Å². The Balaban J connectivity index is 1.93. The van der Waals surface area contributed by atoms with E-state index < -0.39 is 17.8 Å². The van der Waals surface area contributed by atoms with Crippen LogP contribution in [-0.4, -0.2) is 54.4 Å². The van der Waals surface area contributed by atoms with E-state index in [1.54, 1.807) is 18.5 Å². The Bertz CT molecular complexity index is 1350. The van der Waals surface area contributed by atoms with Crippen LogP contribution in [0.25, 0.3) is 21.7 Å². The number of esters is 1. The Hall–Kier alpha value is -3.20. The Morgan fingerprint density at radius 1 is 1.21 bits per heavy atom. The zero-order valence-electron chi connectivity index (χ0n) is 17.7. The average molecular weight is 471 g/mol. The summed E-state index contributed by atoms with van der Waals surface area (Å²) in [7, 11) is 1.27. The molecule has 1 saturated heterocycles. The fourth-order valence-corrected chi connectivity index (χ4v) is 4.67. The molecule has 0 saturated carbocycles. The summed E-state index contributed by atoms with van der Waals surface area (Å²) >= 11 is 6.06. The van der Waals surface area contributed by atoms with Gasteiger partial charge in [0.05, 0.1) is 36.8 Å². The van der Waals surface area contributed by atoms with Crippen LogP contribution in [-0.2, 0) is 9.47 Å². The number of fused-ring (bicyclic) bond motifs is 3. The lowest BCUT2D eigenvalue weighted by molar-refractivity contribution is 0.0238. The quantitative estimate of drug-likeness (QED) is 0.433. The highest BCUT2D eigenvalue weighted by molar-refractivity contribution is 6.32. The SMILES string of the molecule is COC(=O)c1coc2c1c(C(c1ccncc1)N1CCOCC1)c(O)c1c(F)c(Cl)ccc12. The maximum atomic E-state index is 15.2. The summed E-state index contributed by atoms with van der Waals surface area (Å²) in [6.07, 6.45) is 4.56. The van der Waals surface area contributed by atoms with Crippen molar-refractivity contribution in [3.05, 3.63) is 70.5 Å². The predicted molar refractivity (Wildman–Crippen MR) is 120 cm³/mol. The third kappa shape index (κ3) is 3.51. The van der Waals surface area contributed by atoms with Crippen molar-refractivity contribution in [2.75, 3.05) is 33.4 Å². The number of aromatic hydroxyl groups is 1. The zero-order chi connectivity index (χ0) is 23.1. The number of phenols is 1. The summed E-state index contributed by atoms with van der Waals surface area (Å²) in [5, 5.41) is 12.0. The van der Waals surface area contributed by atoms with E-state index >= 15 is 4.39 Å². The molecule has 33 heavy (non-hydrogen) atoms. The summed E-state index contributed by atoms with van der Waals surface area (Å²) in [4.78, 5) is 18.8. The lowest BCUT2D eigenvalue weighted by Gasteiger charge is -2.36. The molecule has 1 aliphatic heterocycles. The van der Waals surface area contributed by atoms with Crippen molar-refractivity contribution < 1.29 is 28.2 Å². The van der Waals surface area contributed by atoms with Gasteiger partial charge in [-0.25, -0.2) is 9.18 Å². The smallest absolute Gasteiger partial charge is 0.341 e. The van der Waals surface area contributed by atoms with Crippen molar-refractivity contribution in [2.24, 2.45) is 0 Å². The first kappa shape index (κ1) is 21.6. The number of nitrogens with zero attached hydrogens (tertiary/aromatic N) is 2. The van der Waals surface area contributed by atoms with E-state index in [1.165, 1.54) is 19.4 Å². The predicted octanol–water partition coefficient (Wildman–Crippen LogP) is 4.69. The van der Waals surface area contributed by atoms with Crippen LogP contribution in [0.5, 0.6) is 5.75 Å². The fraction of sp³-hybridized carbons (Fsp3) is 0.250. The lowest BCUT2D eigenvalue weighted by Crippen LogP contribution is -2.39. The van der Waals surface area contributed by atoms with Gasteiger partial charge >= 0.3 is 5.97 Å². The number of carbonyl (C=O) groups is 1. The Morgan fingerprint density at radius 3 is 2.64 bits per heavy atom. The molecule has 7 nitrogen and oxygen atoms in total. The molecule has 0 aliphatic carbocycles. The van der Waals surface area contributed by atoms with E-state index in [-0.39, 0.29) is 27.3 Å². The normalized spacial score (nSPS) is 15.7. The second kappa shape index (κ2) is 8.62. The lowest BCUT2D eigenvalue weighted by atomic mass is 9.89. The molecule has 9 heteroatoms. The van der Waals surface area contributed by atoms with E-state index in [2.05, 4.69) is 9.88 Å². The summed E-state index contributed by atoms with van der Waals surface area (Å²) in [5.74, 6) is -1.70. The van der Waals surface area contributed by atoms with Crippen LogP contribution in [0.4, 0.5) is 4.39 Å². The number of morpholine rings is 1. The molecule has 1 N–H and O–H groups in total. The largest absolute Gasteiger partial charge is 0.507 e. The van der Waals surface area contributed by atoms with Gasteiger partial charge in [0.2, 0.25) is 0 Å². The summed E-state index contributed by atoms with van der Waals surface area (Å²) in [6, 6.07) is 6.06. The molecule has 2 aromatic heterocycles. The second-order valence-electron chi connectivity index (χ2n) is 7.72. The highest BCUT2D eigenvalue weighted by atomic mass is 35.5. The van der Waals surface area contributed by atoms with Gasteiger partial charge in [0, 0.05) is 41.8 Å². The number of hydrogen-bond acceptors (Lipinski definition) is 7. The van der Waals surface area contributed by atoms with Gasteiger partial charge in [0.1, 0.15) is 23.2 Å². The number of furan rings is 1. The molecule has 3 heterocycles. The molecule has 2 aromatic carbocycles. The van der Waals surface area contributed by atoms with Gasteiger partial charge < -0.3 is 19.0 Å². The number of halogens is 2. The number of pyridine rings is 1.